The molecule has 0 aromatic rings. The number of hydrogen-bond donors (Lipinski definition) is 1. The van der Waals surface area contributed by atoms with Crippen molar-refractivity contribution in [2.75, 3.05) is 31.2 Å². The molecule has 7 heteroatoms. The molecule has 1 N–H and O–H groups in total. The highest BCUT2D eigenvalue weighted by Crippen LogP contribution is 2.57. The maximum absolute atomic E-state index is 12.7. The van der Waals surface area contributed by atoms with Crippen LogP contribution in [0.4, 0.5) is 4.79 Å². The molecule has 1 unspecified atom stereocenters. The van der Waals surface area contributed by atoms with Crippen molar-refractivity contribution in [2.45, 2.75) is 56.6 Å². The zero-order chi connectivity index (χ0) is 16.1. The first-order chi connectivity index (χ1) is 10.9. The molecule has 4 aliphatic rings. The highest BCUT2D eigenvalue weighted by Gasteiger charge is 2.53. The van der Waals surface area contributed by atoms with Crippen LogP contribution in [0.2, 0.25) is 0 Å². The summed E-state index contributed by atoms with van der Waals surface area (Å²) >= 11 is 0. The van der Waals surface area contributed by atoms with Crippen molar-refractivity contribution in [3.05, 3.63) is 0 Å². The Morgan fingerprint density at radius 1 is 1.13 bits per heavy atom. The first-order valence-corrected chi connectivity index (χ1v) is 10.6. The van der Waals surface area contributed by atoms with Gasteiger partial charge in [0.1, 0.15) is 0 Å². The SMILES string of the molecule is O=C(NC1CCCC12CC2)N1CCOC2(CCS(=O)(=O)CC2)C1. The van der Waals surface area contributed by atoms with E-state index >= 15 is 0 Å². The highest BCUT2D eigenvalue weighted by molar-refractivity contribution is 7.91. The van der Waals surface area contributed by atoms with Gasteiger partial charge in [0.05, 0.1) is 30.3 Å². The first-order valence-electron chi connectivity index (χ1n) is 8.82. The van der Waals surface area contributed by atoms with E-state index in [1.165, 1.54) is 25.7 Å². The van der Waals surface area contributed by atoms with Crippen molar-refractivity contribution in [1.82, 2.24) is 10.2 Å². The van der Waals surface area contributed by atoms with Gasteiger partial charge in [0, 0.05) is 12.6 Å². The van der Waals surface area contributed by atoms with Crippen molar-refractivity contribution >= 4 is 15.9 Å². The molecule has 0 aromatic carbocycles. The summed E-state index contributed by atoms with van der Waals surface area (Å²) in [5, 5.41) is 3.25. The van der Waals surface area contributed by atoms with Gasteiger partial charge in [-0.2, -0.15) is 0 Å². The van der Waals surface area contributed by atoms with Gasteiger partial charge in [0.15, 0.2) is 9.84 Å². The number of urea groups is 1. The number of ether oxygens (including phenoxy) is 1. The summed E-state index contributed by atoms with van der Waals surface area (Å²) in [6, 6.07) is 0.347. The molecule has 2 aliphatic carbocycles. The van der Waals surface area contributed by atoms with Crippen molar-refractivity contribution in [3.8, 4) is 0 Å². The lowest BCUT2D eigenvalue weighted by Gasteiger charge is -2.45. The molecule has 2 saturated heterocycles. The van der Waals surface area contributed by atoms with E-state index in [4.69, 9.17) is 4.74 Å². The molecule has 2 amide bonds. The molecule has 23 heavy (non-hydrogen) atoms. The smallest absolute Gasteiger partial charge is 0.317 e. The Morgan fingerprint density at radius 2 is 1.87 bits per heavy atom. The standard InChI is InChI=1S/C16H26N2O4S/c19-14(17-13-2-1-3-15(13)4-5-15)18-8-9-22-16(12-18)6-10-23(20,21)11-7-16/h13H,1-12H2,(H,17,19). The number of amides is 2. The fourth-order valence-electron chi connectivity index (χ4n) is 4.59. The Hall–Kier alpha value is -0.820. The van der Waals surface area contributed by atoms with Crippen LogP contribution in [0.3, 0.4) is 0 Å². The predicted octanol–water partition coefficient (Wildman–Crippen LogP) is 1.31. The lowest BCUT2D eigenvalue weighted by atomic mass is 9.94. The minimum Gasteiger partial charge on any atom is -0.371 e. The third-order valence-corrected chi connectivity index (χ3v) is 8.02. The maximum atomic E-state index is 12.7. The summed E-state index contributed by atoms with van der Waals surface area (Å²) in [5.74, 6) is 0.350. The zero-order valence-corrected chi connectivity index (χ0v) is 14.4. The molecule has 6 nitrogen and oxygen atoms in total. The van der Waals surface area contributed by atoms with Gasteiger partial charge in [0.2, 0.25) is 0 Å². The van der Waals surface area contributed by atoms with Gasteiger partial charge in [-0.15, -0.1) is 0 Å². The molecule has 0 bridgehead atoms. The van der Waals surface area contributed by atoms with Gasteiger partial charge in [-0.25, -0.2) is 13.2 Å². The Kier molecular flexibility index (Phi) is 3.65. The van der Waals surface area contributed by atoms with Gasteiger partial charge in [-0.1, -0.05) is 6.42 Å². The number of sulfone groups is 1. The molecular formula is C16H26N2O4S. The van der Waals surface area contributed by atoms with E-state index < -0.39 is 15.4 Å². The average Bonchev–Trinajstić information content (AvgIpc) is 3.20. The zero-order valence-electron chi connectivity index (χ0n) is 13.6. The molecule has 1 atom stereocenters. The predicted molar refractivity (Wildman–Crippen MR) is 86.0 cm³/mol. The number of rotatable bonds is 1. The van der Waals surface area contributed by atoms with Gasteiger partial charge >= 0.3 is 6.03 Å². The van der Waals surface area contributed by atoms with Crippen LogP contribution in [0.1, 0.15) is 44.9 Å². The van der Waals surface area contributed by atoms with Crippen LogP contribution in [-0.4, -0.2) is 62.2 Å². The van der Waals surface area contributed by atoms with E-state index in [1.54, 1.807) is 0 Å². The Morgan fingerprint density at radius 3 is 2.57 bits per heavy atom. The summed E-state index contributed by atoms with van der Waals surface area (Å²) in [6.07, 6.45) is 7.09. The summed E-state index contributed by atoms with van der Waals surface area (Å²) in [7, 11) is -2.92. The molecule has 2 aliphatic heterocycles. The second kappa shape index (κ2) is 5.34. The quantitative estimate of drug-likeness (QED) is 0.779. The lowest BCUT2D eigenvalue weighted by Crippen LogP contribution is -2.59. The summed E-state index contributed by atoms with van der Waals surface area (Å²) in [6.45, 7) is 1.62. The van der Waals surface area contributed by atoms with Crippen LogP contribution in [-0.2, 0) is 14.6 Å². The van der Waals surface area contributed by atoms with Crippen LogP contribution in [0.25, 0.3) is 0 Å². The summed E-state index contributed by atoms with van der Waals surface area (Å²) in [5.41, 5.74) is -0.0492. The number of carbonyl (C=O) groups excluding carboxylic acids is 1. The van der Waals surface area contributed by atoms with Gasteiger partial charge in [0.25, 0.3) is 0 Å². The number of morpholine rings is 1. The molecule has 4 fully saturated rings. The van der Waals surface area contributed by atoms with Crippen LogP contribution < -0.4 is 5.32 Å². The Labute approximate surface area is 137 Å². The molecule has 0 aromatic heterocycles. The molecule has 2 saturated carbocycles. The van der Waals surface area contributed by atoms with Crippen LogP contribution in [0.5, 0.6) is 0 Å². The monoisotopic (exact) mass is 342 g/mol. The van der Waals surface area contributed by atoms with E-state index in [1.807, 2.05) is 4.90 Å². The Balaban J connectivity index is 1.38. The van der Waals surface area contributed by atoms with Gasteiger partial charge in [-0.05, 0) is 43.9 Å². The van der Waals surface area contributed by atoms with Crippen molar-refractivity contribution < 1.29 is 17.9 Å². The van der Waals surface area contributed by atoms with Gasteiger partial charge < -0.3 is 15.0 Å². The van der Waals surface area contributed by atoms with Crippen LogP contribution >= 0.6 is 0 Å². The molecular weight excluding hydrogens is 316 g/mol. The first kappa shape index (κ1) is 15.7. The fraction of sp³-hybridized carbons (Fsp3) is 0.938. The number of nitrogens with zero attached hydrogens (tertiary/aromatic N) is 1. The van der Waals surface area contributed by atoms with Crippen molar-refractivity contribution in [2.24, 2.45) is 5.41 Å². The average molecular weight is 342 g/mol. The molecule has 4 rings (SSSR count). The number of carbonyl (C=O) groups is 1. The van der Waals surface area contributed by atoms with E-state index in [-0.39, 0.29) is 17.5 Å². The molecule has 0 radical (unpaired) electrons. The van der Waals surface area contributed by atoms with Gasteiger partial charge in [-0.3, -0.25) is 0 Å². The second-order valence-electron chi connectivity index (χ2n) is 7.86. The van der Waals surface area contributed by atoms with Crippen LogP contribution in [0.15, 0.2) is 0 Å². The van der Waals surface area contributed by atoms with E-state index in [2.05, 4.69) is 5.32 Å². The molecule has 2 heterocycles. The molecule has 2 spiro atoms. The minimum atomic E-state index is -2.92. The third kappa shape index (κ3) is 2.97. The summed E-state index contributed by atoms with van der Waals surface area (Å²) < 4.78 is 29.2. The molecule has 130 valence electrons. The van der Waals surface area contributed by atoms with E-state index in [0.717, 1.165) is 6.42 Å². The van der Waals surface area contributed by atoms with Crippen LogP contribution in [0, 0.1) is 5.41 Å². The Bertz CT molecular complexity index is 585. The topological polar surface area (TPSA) is 75.7 Å². The largest absolute Gasteiger partial charge is 0.371 e. The highest BCUT2D eigenvalue weighted by atomic mass is 32.2. The van der Waals surface area contributed by atoms with Crippen molar-refractivity contribution in [1.29, 1.82) is 0 Å². The van der Waals surface area contributed by atoms with Crippen molar-refractivity contribution in [3.63, 3.8) is 0 Å². The fourth-order valence-corrected chi connectivity index (χ4v) is 6.16. The maximum Gasteiger partial charge on any atom is 0.317 e. The number of hydrogen-bond acceptors (Lipinski definition) is 4. The lowest BCUT2D eigenvalue weighted by molar-refractivity contribution is -0.102. The minimum absolute atomic E-state index is 0.0132. The third-order valence-electron chi connectivity index (χ3n) is 6.37. The number of nitrogens with one attached hydrogen (secondary N) is 1. The van der Waals surface area contributed by atoms with E-state index in [0.29, 0.717) is 44.0 Å². The van der Waals surface area contributed by atoms with E-state index in [9.17, 15) is 13.2 Å². The normalized spacial score (nSPS) is 33.7. The second-order valence-corrected chi connectivity index (χ2v) is 10.2. The summed E-state index contributed by atoms with van der Waals surface area (Å²) in [4.78, 5) is 14.5.